The van der Waals surface area contributed by atoms with Crippen LogP contribution in [-0.4, -0.2) is 41.1 Å². The van der Waals surface area contributed by atoms with Gasteiger partial charge in [0, 0.05) is 6.54 Å². The molecule has 1 amide bonds. The fraction of sp³-hybridized carbons (Fsp3) is 0.750. The van der Waals surface area contributed by atoms with Crippen LogP contribution in [0.15, 0.2) is 0 Å². The van der Waals surface area contributed by atoms with E-state index in [4.69, 9.17) is 16.1 Å². The highest BCUT2D eigenvalue weighted by atomic mass is 16.3. The van der Waals surface area contributed by atoms with Gasteiger partial charge in [-0.05, 0) is 12.8 Å². The highest BCUT2D eigenvalue weighted by Gasteiger charge is 2.31. The summed E-state index contributed by atoms with van der Waals surface area (Å²) in [7, 11) is 0. The molecular formula is C8H13N3O2. The highest BCUT2D eigenvalue weighted by Crippen LogP contribution is 2.16. The van der Waals surface area contributed by atoms with E-state index in [-0.39, 0.29) is 18.6 Å². The number of likely N-dealkylation sites (tertiary alicyclic amines) is 1. The summed E-state index contributed by atoms with van der Waals surface area (Å²) >= 11 is 0. The lowest BCUT2D eigenvalue weighted by atomic mass is 10.2. The molecule has 0 aliphatic carbocycles. The lowest BCUT2D eigenvalue weighted by Crippen LogP contribution is -2.47. The molecule has 0 bridgehead atoms. The van der Waals surface area contributed by atoms with Gasteiger partial charge in [-0.2, -0.15) is 5.26 Å². The first-order chi connectivity index (χ1) is 6.20. The van der Waals surface area contributed by atoms with E-state index in [1.54, 1.807) is 0 Å². The van der Waals surface area contributed by atoms with Crippen molar-refractivity contribution in [3.8, 4) is 6.07 Å². The van der Waals surface area contributed by atoms with E-state index < -0.39 is 6.04 Å². The number of carbonyl (C=O) groups is 1. The van der Waals surface area contributed by atoms with E-state index in [0.717, 1.165) is 6.42 Å². The van der Waals surface area contributed by atoms with E-state index >= 15 is 0 Å². The molecule has 1 fully saturated rings. The van der Waals surface area contributed by atoms with Crippen LogP contribution < -0.4 is 5.73 Å². The number of hydrogen-bond donors (Lipinski definition) is 2. The summed E-state index contributed by atoms with van der Waals surface area (Å²) in [6, 6.07) is 0.805. The van der Waals surface area contributed by atoms with Gasteiger partial charge < -0.3 is 15.7 Å². The second kappa shape index (κ2) is 4.21. The van der Waals surface area contributed by atoms with Gasteiger partial charge in [0.2, 0.25) is 5.91 Å². The van der Waals surface area contributed by atoms with Crippen molar-refractivity contribution in [3.05, 3.63) is 0 Å². The number of nitrogens with zero attached hydrogens (tertiary/aromatic N) is 2. The van der Waals surface area contributed by atoms with Gasteiger partial charge in [-0.15, -0.1) is 0 Å². The summed E-state index contributed by atoms with van der Waals surface area (Å²) in [5.74, 6) is -0.327. The van der Waals surface area contributed by atoms with Crippen molar-refractivity contribution in [2.45, 2.75) is 24.9 Å². The van der Waals surface area contributed by atoms with Crippen molar-refractivity contribution < 1.29 is 9.90 Å². The van der Waals surface area contributed by atoms with Crippen LogP contribution in [-0.2, 0) is 4.79 Å². The Hall–Kier alpha value is -1.12. The Morgan fingerprint density at radius 3 is 3.08 bits per heavy atom. The maximum absolute atomic E-state index is 11.4. The lowest BCUT2D eigenvalue weighted by Gasteiger charge is -2.22. The minimum absolute atomic E-state index is 0.327. The Morgan fingerprint density at radius 2 is 2.54 bits per heavy atom. The van der Waals surface area contributed by atoms with E-state index in [1.807, 2.05) is 6.07 Å². The monoisotopic (exact) mass is 183 g/mol. The van der Waals surface area contributed by atoms with Crippen LogP contribution in [0, 0.1) is 11.3 Å². The molecule has 2 unspecified atom stereocenters. The zero-order valence-electron chi connectivity index (χ0n) is 7.31. The number of aliphatic hydroxyl groups excluding tert-OH is 1. The molecule has 3 N–H and O–H groups in total. The molecule has 0 aromatic heterocycles. The summed E-state index contributed by atoms with van der Waals surface area (Å²) < 4.78 is 0. The Labute approximate surface area is 76.7 Å². The molecule has 0 aromatic rings. The Kier molecular flexibility index (Phi) is 3.23. The number of amides is 1. The van der Waals surface area contributed by atoms with Crippen molar-refractivity contribution in [1.82, 2.24) is 4.90 Å². The topological polar surface area (TPSA) is 90.4 Å². The van der Waals surface area contributed by atoms with Crippen LogP contribution in [0.5, 0.6) is 0 Å². The van der Waals surface area contributed by atoms with Crippen LogP contribution >= 0.6 is 0 Å². The van der Waals surface area contributed by atoms with Crippen LogP contribution in [0.2, 0.25) is 0 Å². The van der Waals surface area contributed by atoms with Gasteiger partial charge in [0.1, 0.15) is 12.1 Å². The Morgan fingerprint density at radius 1 is 1.85 bits per heavy atom. The third kappa shape index (κ3) is 1.97. The minimum atomic E-state index is -0.881. The third-order valence-corrected chi connectivity index (χ3v) is 2.20. The molecule has 0 saturated carbocycles. The first-order valence-electron chi connectivity index (χ1n) is 4.27. The molecule has 5 nitrogen and oxygen atoms in total. The number of hydrogen-bond acceptors (Lipinski definition) is 4. The molecule has 1 heterocycles. The number of carbonyl (C=O) groups excluding carboxylic acids is 1. The van der Waals surface area contributed by atoms with Crippen molar-refractivity contribution >= 4 is 5.91 Å². The van der Waals surface area contributed by atoms with E-state index in [2.05, 4.69) is 0 Å². The molecule has 0 spiro atoms. The van der Waals surface area contributed by atoms with Gasteiger partial charge in [0.25, 0.3) is 0 Å². The van der Waals surface area contributed by atoms with Crippen LogP contribution in [0.25, 0.3) is 0 Å². The number of rotatable bonds is 2. The van der Waals surface area contributed by atoms with Crippen LogP contribution in [0.1, 0.15) is 12.8 Å². The molecule has 5 heteroatoms. The summed E-state index contributed by atoms with van der Waals surface area (Å²) in [6.07, 6.45) is 1.54. The quantitative estimate of drug-likeness (QED) is 0.564. The zero-order chi connectivity index (χ0) is 9.84. The fourth-order valence-electron chi connectivity index (χ4n) is 1.46. The summed E-state index contributed by atoms with van der Waals surface area (Å²) in [5.41, 5.74) is 5.36. The molecule has 72 valence electrons. The van der Waals surface area contributed by atoms with Crippen molar-refractivity contribution in [2.24, 2.45) is 5.73 Å². The second-order valence-electron chi connectivity index (χ2n) is 3.11. The van der Waals surface area contributed by atoms with Crippen LogP contribution in [0.4, 0.5) is 0 Å². The molecule has 1 saturated heterocycles. The molecular weight excluding hydrogens is 170 g/mol. The van der Waals surface area contributed by atoms with Crippen molar-refractivity contribution in [1.29, 1.82) is 5.26 Å². The van der Waals surface area contributed by atoms with Gasteiger partial charge in [0.05, 0.1) is 12.7 Å². The number of nitrogens with two attached hydrogens (primary N) is 1. The number of nitriles is 1. The maximum atomic E-state index is 11.4. The predicted octanol–water partition coefficient (Wildman–Crippen LogP) is -1.18. The van der Waals surface area contributed by atoms with Crippen LogP contribution in [0.3, 0.4) is 0 Å². The molecule has 1 aliphatic heterocycles. The van der Waals surface area contributed by atoms with E-state index in [0.29, 0.717) is 13.0 Å². The minimum Gasteiger partial charge on any atom is -0.394 e. The van der Waals surface area contributed by atoms with Gasteiger partial charge in [-0.25, -0.2) is 0 Å². The average Bonchev–Trinajstić information content (AvgIpc) is 2.62. The van der Waals surface area contributed by atoms with Crippen molar-refractivity contribution in [3.63, 3.8) is 0 Å². The largest absolute Gasteiger partial charge is 0.394 e. The Bertz CT molecular complexity index is 236. The molecule has 0 aromatic carbocycles. The maximum Gasteiger partial charge on any atom is 0.242 e. The first kappa shape index (κ1) is 9.96. The molecule has 0 radical (unpaired) electrons. The van der Waals surface area contributed by atoms with Crippen molar-refractivity contribution in [2.75, 3.05) is 13.2 Å². The molecule has 1 aliphatic rings. The molecule has 2 atom stereocenters. The summed E-state index contributed by atoms with van der Waals surface area (Å²) in [6.45, 7) is 0.207. The fourth-order valence-corrected chi connectivity index (χ4v) is 1.46. The average molecular weight is 183 g/mol. The molecule has 1 rings (SSSR count). The third-order valence-electron chi connectivity index (χ3n) is 2.20. The zero-order valence-corrected chi connectivity index (χ0v) is 7.31. The highest BCUT2D eigenvalue weighted by molar-refractivity contribution is 5.82. The predicted molar refractivity (Wildman–Crippen MR) is 45.4 cm³/mol. The van der Waals surface area contributed by atoms with Gasteiger partial charge in [-0.1, -0.05) is 0 Å². The second-order valence-corrected chi connectivity index (χ2v) is 3.11. The number of aliphatic hydroxyl groups is 1. The summed E-state index contributed by atoms with van der Waals surface area (Å²) in [5, 5.41) is 17.4. The first-order valence-corrected chi connectivity index (χ1v) is 4.27. The Balaban J connectivity index is 2.61. The van der Waals surface area contributed by atoms with Gasteiger partial charge in [0.15, 0.2) is 0 Å². The summed E-state index contributed by atoms with van der Waals surface area (Å²) in [4.78, 5) is 12.9. The molecule has 13 heavy (non-hydrogen) atoms. The standard InChI is InChI=1S/C8H13N3O2/c9-4-6-2-1-3-11(6)8(13)7(10)5-12/h6-7,12H,1-3,5,10H2. The van der Waals surface area contributed by atoms with Gasteiger partial charge in [-0.3, -0.25) is 4.79 Å². The van der Waals surface area contributed by atoms with Gasteiger partial charge >= 0.3 is 0 Å². The normalized spacial score (nSPS) is 24.1. The van der Waals surface area contributed by atoms with E-state index in [1.165, 1.54) is 4.90 Å². The lowest BCUT2D eigenvalue weighted by molar-refractivity contribution is -0.133. The smallest absolute Gasteiger partial charge is 0.242 e. The van der Waals surface area contributed by atoms with E-state index in [9.17, 15) is 4.79 Å². The SMILES string of the molecule is N#CC1CCCN1C(=O)C(N)CO.